The van der Waals surface area contributed by atoms with E-state index in [9.17, 15) is 0 Å². The maximum Gasteiger partial charge on any atom is 0.0946 e. The SMILES string of the molecule is c1ccc(C2CCc3nc(CC4CCCN4)sc3C2)cc1. The van der Waals surface area contributed by atoms with Crippen LogP contribution in [0.1, 0.15) is 46.3 Å². The standard InChI is InChI=1S/C18H22N2S/c1-2-5-13(6-3-1)14-8-9-16-17(11-14)21-18(20-16)12-15-7-4-10-19-15/h1-3,5-6,14-15,19H,4,7-12H2. The molecule has 1 aliphatic heterocycles. The maximum absolute atomic E-state index is 4.92. The summed E-state index contributed by atoms with van der Waals surface area (Å²) in [7, 11) is 0. The minimum atomic E-state index is 0.669. The lowest BCUT2D eigenvalue weighted by Crippen LogP contribution is -2.23. The molecule has 2 nitrogen and oxygen atoms in total. The largest absolute Gasteiger partial charge is 0.314 e. The first-order valence-electron chi connectivity index (χ1n) is 8.14. The Bertz CT molecular complexity index is 599. The predicted molar refractivity (Wildman–Crippen MR) is 88.1 cm³/mol. The number of aromatic nitrogens is 1. The molecule has 2 heterocycles. The summed E-state index contributed by atoms with van der Waals surface area (Å²) >= 11 is 1.97. The van der Waals surface area contributed by atoms with E-state index < -0.39 is 0 Å². The lowest BCUT2D eigenvalue weighted by molar-refractivity contribution is 0.578. The Morgan fingerprint density at radius 2 is 2.10 bits per heavy atom. The van der Waals surface area contributed by atoms with Gasteiger partial charge in [-0.3, -0.25) is 0 Å². The van der Waals surface area contributed by atoms with Gasteiger partial charge in [-0.1, -0.05) is 30.3 Å². The van der Waals surface area contributed by atoms with Gasteiger partial charge in [0.05, 0.1) is 10.7 Å². The van der Waals surface area contributed by atoms with Gasteiger partial charge in [0.15, 0.2) is 0 Å². The Kier molecular flexibility index (Phi) is 3.78. The first kappa shape index (κ1) is 13.5. The number of rotatable bonds is 3. The summed E-state index contributed by atoms with van der Waals surface area (Å²) in [5.74, 6) is 0.691. The highest BCUT2D eigenvalue weighted by Crippen LogP contribution is 2.35. The van der Waals surface area contributed by atoms with Gasteiger partial charge < -0.3 is 5.32 Å². The smallest absolute Gasteiger partial charge is 0.0946 e. The highest BCUT2D eigenvalue weighted by molar-refractivity contribution is 7.11. The Hall–Kier alpha value is -1.19. The van der Waals surface area contributed by atoms with E-state index in [1.165, 1.54) is 48.5 Å². The average Bonchev–Trinajstić information content (AvgIpc) is 3.16. The average molecular weight is 298 g/mol. The molecule has 0 bridgehead atoms. The summed E-state index contributed by atoms with van der Waals surface area (Å²) in [5.41, 5.74) is 2.88. The molecule has 1 aromatic carbocycles. The van der Waals surface area contributed by atoms with E-state index in [1.54, 1.807) is 4.88 Å². The molecule has 0 radical (unpaired) electrons. The molecule has 2 aromatic rings. The number of hydrogen-bond donors (Lipinski definition) is 1. The molecule has 0 saturated carbocycles. The quantitative estimate of drug-likeness (QED) is 0.934. The van der Waals surface area contributed by atoms with E-state index in [2.05, 4.69) is 35.6 Å². The highest BCUT2D eigenvalue weighted by Gasteiger charge is 2.24. The summed E-state index contributed by atoms with van der Waals surface area (Å²) < 4.78 is 0. The van der Waals surface area contributed by atoms with Gasteiger partial charge in [0.2, 0.25) is 0 Å². The molecule has 2 aliphatic rings. The molecule has 4 rings (SSSR count). The van der Waals surface area contributed by atoms with E-state index in [1.807, 2.05) is 11.3 Å². The first-order valence-corrected chi connectivity index (χ1v) is 8.96. The fourth-order valence-corrected chi connectivity index (χ4v) is 4.94. The summed E-state index contributed by atoms with van der Waals surface area (Å²) in [6.07, 6.45) is 7.37. The van der Waals surface area contributed by atoms with Crippen LogP contribution in [-0.4, -0.2) is 17.6 Å². The third-order valence-electron chi connectivity index (χ3n) is 4.84. The molecule has 21 heavy (non-hydrogen) atoms. The predicted octanol–water partition coefficient (Wildman–Crippen LogP) is 3.71. The summed E-state index contributed by atoms with van der Waals surface area (Å²) in [5, 5.41) is 4.94. The van der Waals surface area contributed by atoms with Crippen molar-refractivity contribution in [3.8, 4) is 0 Å². The molecule has 1 aromatic heterocycles. The van der Waals surface area contributed by atoms with Crippen LogP contribution >= 0.6 is 11.3 Å². The van der Waals surface area contributed by atoms with Gasteiger partial charge >= 0.3 is 0 Å². The molecule has 0 amide bonds. The van der Waals surface area contributed by atoms with E-state index in [4.69, 9.17) is 4.98 Å². The lowest BCUT2D eigenvalue weighted by Gasteiger charge is -2.21. The molecule has 2 unspecified atom stereocenters. The third-order valence-corrected chi connectivity index (χ3v) is 5.98. The Labute approximate surface area is 130 Å². The van der Waals surface area contributed by atoms with Crippen LogP contribution < -0.4 is 5.32 Å². The van der Waals surface area contributed by atoms with E-state index in [-0.39, 0.29) is 0 Å². The number of fused-ring (bicyclic) bond motifs is 1. The van der Waals surface area contributed by atoms with Gasteiger partial charge in [0, 0.05) is 17.3 Å². The number of benzene rings is 1. The van der Waals surface area contributed by atoms with Crippen molar-refractivity contribution in [1.82, 2.24) is 10.3 Å². The Morgan fingerprint density at radius 3 is 2.90 bits per heavy atom. The van der Waals surface area contributed by atoms with Gasteiger partial charge in [-0.2, -0.15) is 0 Å². The van der Waals surface area contributed by atoms with Gasteiger partial charge in [0.1, 0.15) is 0 Å². The second-order valence-electron chi connectivity index (χ2n) is 6.33. The topological polar surface area (TPSA) is 24.9 Å². The number of thiazole rings is 1. The van der Waals surface area contributed by atoms with Crippen LogP contribution in [0.15, 0.2) is 30.3 Å². The number of nitrogens with one attached hydrogen (secondary N) is 1. The molecule has 110 valence electrons. The van der Waals surface area contributed by atoms with Crippen molar-refractivity contribution in [2.45, 2.75) is 50.5 Å². The van der Waals surface area contributed by atoms with Crippen LogP contribution in [0, 0.1) is 0 Å². The molecule has 1 aliphatic carbocycles. The molecule has 1 saturated heterocycles. The zero-order chi connectivity index (χ0) is 14.1. The highest BCUT2D eigenvalue weighted by atomic mass is 32.1. The summed E-state index contributed by atoms with van der Waals surface area (Å²) in [4.78, 5) is 6.47. The minimum Gasteiger partial charge on any atom is -0.314 e. The lowest BCUT2D eigenvalue weighted by atomic mass is 9.85. The van der Waals surface area contributed by atoms with Crippen molar-refractivity contribution in [3.63, 3.8) is 0 Å². The van der Waals surface area contributed by atoms with Crippen LogP contribution in [0.2, 0.25) is 0 Å². The molecular formula is C18H22N2S. The van der Waals surface area contributed by atoms with Crippen LogP contribution in [0.5, 0.6) is 0 Å². The Balaban J connectivity index is 1.49. The van der Waals surface area contributed by atoms with Gasteiger partial charge in [-0.05, 0) is 50.1 Å². The minimum absolute atomic E-state index is 0.669. The fraction of sp³-hybridized carbons (Fsp3) is 0.500. The fourth-order valence-electron chi connectivity index (χ4n) is 3.67. The summed E-state index contributed by atoms with van der Waals surface area (Å²) in [6, 6.07) is 11.7. The molecule has 3 heteroatoms. The van der Waals surface area contributed by atoms with Crippen LogP contribution in [-0.2, 0) is 19.3 Å². The second-order valence-corrected chi connectivity index (χ2v) is 7.49. The van der Waals surface area contributed by atoms with Crippen molar-refractivity contribution in [1.29, 1.82) is 0 Å². The number of hydrogen-bond acceptors (Lipinski definition) is 3. The molecule has 0 spiro atoms. The zero-order valence-electron chi connectivity index (χ0n) is 12.3. The van der Waals surface area contributed by atoms with E-state index in [0.29, 0.717) is 12.0 Å². The van der Waals surface area contributed by atoms with Crippen molar-refractivity contribution >= 4 is 11.3 Å². The molecule has 1 fully saturated rings. The number of nitrogens with zero attached hydrogens (tertiary/aromatic N) is 1. The van der Waals surface area contributed by atoms with Crippen LogP contribution in [0.25, 0.3) is 0 Å². The normalized spacial score (nSPS) is 25.0. The van der Waals surface area contributed by atoms with Crippen molar-refractivity contribution in [3.05, 3.63) is 51.5 Å². The van der Waals surface area contributed by atoms with E-state index >= 15 is 0 Å². The van der Waals surface area contributed by atoms with Crippen molar-refractivity contribution < 1.29 is 0 Å². The first-order chi connectivity index (χ1) is 10.4. The zero-order valence-corrected chi connectivity index (χ0v) is 13.2. The van der Waals surface area contributed by atoms with Gasteiger partial charge in [0.25, 0.3) is 0 Å². The monoisotopic (exact) mass is 298 g/mol. The van der Waals surface area contributed by atoms with Gasteiger partial charge in [-0.25, -0.2) is 4.98 Å². The molecule has 1 N–H and O–H groups in total. The van der Waals surface area contributed by atoms with Gasteiger partial charge in [-0.15, -0.1) is 11.3 Å². The van der Waals surface area contributed by atoms with E-state index in [0.717, 1.165) is 12.8 Å². The second kappa shape index (κ2) is 5.90. The third kappa shape index (κ3) is 2.90. The Morgan fingerprint density at radius 1 is 1.19 bits per heavy atom. The molecular weight excluding hydrogens is 276 g/mol. The van der Waals surface area contributed by atoms with Crippen molar-refractivity contribution in [2.24, 2.45) is 0 Å². The van der Waals surface area contributed by atoms with Crippen molar-refractivity contribution in [2.75, 3.05) is 6.54 Å². The van der Waals surface area contributed by atoms with Crippen LogP contribution in [0.4, 0.5) is 0 Å². The van der Waals surface area contributed by atoms with Crippen LogP contribution in [0.3, 0.4) is 0 Å². The maximum atomic E-state index is 4.92. The molecule has 2 atom stereocenters. The summed E-state index contributed by atoms with van der Waals surface area (Å²) in [6.45, 7) is 1.19. The number of aryl methyl sites for hydroxylation is 1.